The monoisotopic (exact) mass is 437 g/mol. The van der Waals surface area contributed by atoms with E-state index in [2.05, 4.69) is 15.8 Å². The summed E-state index contributed by atoms with van der Waals surface area (Å²) >= 11 is 0. The van der Waals surface area contributed by atoms with Crippen LogP contribution in [0.15, 0.2) is 96.1 Å². The van der Waals surface area contributed by atoms with E-state index in [1.54, 1.807) is 36.5 Å². The molecule has 2 N–H and O–H groups in total. The molecule has 0 radical (unpaired) electrons. The maximum absolute atomic E-state index is 12.4. The Balaban J connectivity index is 1.27. The van der Waals surface area contributed by atoms with Crippen LogP contribution in [0.25, 0.3) is 10.8 Å². The van der Waals surface area contributed by atoms with Crippen LogP contribution in [-0.2, 0) is 4.79 Å². The number of amides is 2. The van der Waals surface area contributed by atoms with E-state index in [1.807, 2.05) is 67.6 Å². The summed E-state index contributed by atoms with van der Waals surface area (Å²) in [5, 5.41) is 8.93. The van der Waals surface area contributed by atoms with Gasteiger partial charge in [0.05, 0.1) is 6.21 Å². The minimum atomic E-state index is -0.281. The zero-order valence-electron chi connectivity index (χ0n) is 18.1. The Kier molecular flexibility index (Phi) is 6.75. The third kappa shape index (κ3) is 5.83. The Bertz CT molecular complexity index is 1310. The molecule has 0 bridgehead atoms. The van der Waals surface area contributed by atoms with Crippen molar-refractivity contribution >= 4 is 34.5 Å². The standard InChI is InChI=1S/C27H23N3O3/c1-19-6-2-5-9-25(19)29-26(31)18-33-24-14-10-20(11-15-24)17-28-30-27(32)23-13-12-21-7-3-4-8-22(21)16-23/h2-17H,18H2,1H3,(H,29,31)(H,30,32)/b28-17-. The van der Waals surface area contributed by atoms with Crippen molar-refractivity contribution in [3.05, 3.63) is 108 Å². The molecule has 33 heavy (non-hydrogen) atoms. The molecule has 0 aliphatic rings. The van der Waals surface area contributed by atoms with Crippen LogP contribution in [0.5, 0.6) is 5.75 Å². The molecule has 4 rings (SSSR count). The zero-order valence-corrected chi connectivity index (χ0v) is 18.1. The van der Waals surface area contributed by atoms with Gasteiger partial charge in [-0.1, -0.05) is 48.5 Å². The number of ether oxygens (including phenoxy) is 1. The number of carbonyl (C=O) groups excluding carboxylic acids is 2. The summed E-state index contributed by atoms with van der Waals surface area (Å²) in [5.41, 5.74) is 5.62. The van der Waals surface area contributed by atoms with Crippen LogP contribution in [0.3, 0.4) is 0 Å². The van der Waals surface area contributed by atoms with E-state index in [0.717, 1.165) is 27.6 Å². The molecule has 164 valence electrons. The predicted octanol–water partition coefficient (Wildman–Crippen LogP) is 4.93. The van der Waals surface area contributed by atoms with Gasteiger partial charge in [-0.3, -0.25) is 9.59 Å². The van der Waals surface area contributed by atoms with Crippen LogP contribution in [0.4, 0.5) is 5.69 Å². The average molecular weight is 437 g/mol. The molecule has 4 aromatic rings. The number of para-hydroxylation sites is 1. The van der Waals surface area contributed by atoms with Gasteiger partial charge in [-0.2, -0.15) is 5.10 Å². The average Bonchev–Trinajstić information content (AvgIpc) is 2.84. The molecular weight excluding hydrogens is 414 g/mol. The Morgan fingerprint density at radius 1 is 0.879 bits per heavy atom. The molecule has 6 nitrogen and oxygen atoms in total. The topological polar surface area (TPSA) is 79.8 Å². The third-order valence-corrected chi connectivity index (χ3v) is 5.06. The van der Waals surface area contributed by atoms with Crippen molar-refractivity contribution in [1.29, 1.82) is 0 Å². The molecule has 0 spiro atoms. The van der Waals surface area contributed by atoms with Crippen LogP contribution < -0.4 is 15.5 Å². The molecule has 4 aromatic carbocycles. The fourth-order valence-electron chi connectivity index (χ4n) is 3.26. The third-order valence-electron chi connectivity index (χ3n) is 5.06. The SMILES string of the molecule is Cc1ccccc1NC(=O)COc1ccc(/C=N\NC(=O)c2ccc3ccccc3c2)cc1. The van der Waals surface area contributed by atoms with E-state index in [9.17, 15) is 9.59 Å². The van der Waals surface area contributed by atoms with Gasteiger partial charge in [-0.15, -0.1) is 0 Å². The summed E-state index contributed by atoms with van der Waals surface area (Å²) in [6, 6.07) is 28.0. The number of nitrogens with one attached hydrogen (secondary N) is 2. The largest absolute Gasteiger partial charge is 0.484 e. The van der Waals surface area contributed by atoms with Gasteiger partial charge < -0.3 is 10.1 Å². The van der Waals surface area contributed by atoms with Gasteiger partial charge in [0.15, 0.2) is 6.61 Å². The Hall–Kier alpha value is -4.45. The molecule has 0 saturated carbocycles. The van der Waals surface area contributed by atoms with Crippen molar-refractivity contribution in [2.45, 2.75) is 6.92 Å². The summed E-state index contributed by atoms with van der Waals surface area (Å²) in [6.45, 7) is 1.84. The molecule has 6 heteroatoms. The number of aryl methyl sites for hydroxylation is 1. The van der Waals surface area contributed by atoms with E-state index in [-0.39, 0.29) is 18.4 Å². The lowest BCUT2D eigenvalue weighted by molar-refractivity contribution is -0.118. The fraction of sp³-hybridized carbons (Fsp3) is 0.0741. The minimum Gasteiger partial charge on any atom is -0.484 e. The zero-order chi connectivity index (χ0) is 23.0. The molecule has 0 aliphatic heterocycles. The summed E-state index contributed by atoms with van der Waals surface area (Å²) in [4.78, 5) is 24.5. The Morgan fingerprint density at radius 2 is 1.61 bits per heavy atom. The Labute approximate surface area is 191 Å². The summed E-state index contributed by atoms with van der Waals surface area (Å²) in [7, 11) is 0. The van der Waals surface area contributed by atoms with Crippen LogP contribution in [-0.4, -0.2) is 24.6 Å². The quantitative estimate of drug-likeness (QED) is 0.318. The van der Waals surface area contributed by atoms with E-state index in [1.165, 1.54) is 0 Å². The number of nitrogens with zero attached hydrogens (tertiary/aromatic N) is 1. The summed E-state index contributed by atoms with van der Waals surface area (Å²) in [5.74, 6) is 0.0512. The summed E-state index contributed by atoms with van der Waals surface area (Å²) in [6.07, 6.45) is 1.55. The highest BCUT2D eigenvalue weighted by Gasteiger charge is 2.06. The fourth-order valence-corrected chi connectivity index (χ4v) is 3.26. The lowest BCUT2D eigenvalue weighted by atomic mass is 10.1. The van der Waals surface area contributed by atoms with Gasteiger partial charge in [0.1, 0.15) is 5.75 Å². The van der Waals surface area contributed by atoms with Crippen molar-refractivity contribution in [3.8, 4) is 5.75 Å². The first-order valence-corrected chi connectivity index (χ1v) is 10.5. The van der Waals surface area contributed by atoms with Crippen molar-refractivity contribution in [2.24, 2.45) is 5.10 Å². The van der Waals surface area contributed by atoms with Gasteiger partial charge in [-0.05, 0) is 71.3 Å². The molecule has 0 atom stereocenters. The number of rotatable bonds is 7. The molecule has 0 aromatic heterocycles. The van der Waals surface area contributed by atoms with Gasteiger partial charge >= 0.3 is 0 Å². The summed E-state index contributed by atoms with van der Waals surface area (Å²) < 4.78 is 5.54. The molecule has 0 saturated heterocycles. The number of hydrogen-bond donors (Lipinski definition) is 2. The maximum atomic E-state index is 12.4. The number of carbonyl (C=O) groups is 2. The van der Waals surface area contributed by atoms with E-state index >= 15 is 0 Å². The van der Waals surface area contributed by atoms with Crippen LogP contribution in [0.1, 0.15) is 21.5 Å². The predicted molar refractivity (Wildman–Crippen MR) is 131 cm³/mol. The molecule has 0 aliphatic carbocycles. The number of hydrogen-bond acceptors (Lipinski definition) is 4. The molecule has 0 unspecified atom stereocenters. The highest BCUT2D eigenvalue weighted by atomic mass is 16.5. The molecule has 2 amide bonds. The van der Waals surface area contributed by atoms with E-state index in [0.29, 0.717) is 11.3 Å². The van der Waals surface area contributed by atoms with Gasteiger partial charge in [-0.25, -0.2) is 5.43 Å². The second-order valence-electron chi connectivity index (χ2n) is 7.48. The number of hydrazone groups is 1. The first-order chi connectivity index (χ1) is 16.1. The minimum absolute atomic E-state index is 0.0937. The molecular formula is C27H23N3O3. The van der Waals surface area contributed by atoms with Gasteiger partial charge in [0.2, 0.25) is 0 Å². The highest BCUT2D eigenvalue weighted by Crippen LogP contribution is 2.16. The smallest absolute Gasteiger partial charge is 0.271 e. The first kappa shape index (κ1) is 21.8. The lowest BCUT2D eigenvalue weighted by Gasteiger charge is -2.09. The van der Waals surface area contributed by atoms with Crippen LogP contribution in [0, 0.1) is 6.92 Å². The number of anilines is 1. The number of benzene rings is 4. The Morgan fingerprint density at radius 3 is 2.39 bits per heavy atom. The second-order valence-corrected chi connectivity index (χ2v) is 7.48. The van der Waals surface area contributed by atoms with Crippen LogP contribution in [0.2, 0.25) is 0 Å². The van der Waals surface area contributed by atoms with E-state index in [4.69, 9.17) is 4.74 Å². The lowest BCUT2D eigenvalue weighted by Crippen LogP contribution is -2.20. The first-order valence-electron chi connectivity index (χ1n) is 10.5. The van der Waals surface area contributed by atoms with E-state index < -0.39 is 0 Å². The van der Waals surface area contributed by atoms with Gasteiger partial charge in [0, 0.05) is 11.3 Å². The van der Waals surface area contributed by atoms with Crippen LogP contribution >= 0.6 is 0 Å². The second kappa shape index (κ2) is 10.2. The maximum Gasteiger partial charge on any atom is 0.271 e. The van der Waals surface area contributed by atoms with Gasteiger partial charge in [0.25, 0.3) is 11.8 Å². The molecule has 0 heterocycles. The molecule has 0 fully saturated rings. The normalized spacial score (nSPS) is 10.8. The highest BCUT2D eigenvalue weighted by molar-refractivity contribution is 5.99. The number of fused-ring (bicyclic) bond motifs is 1. The van der Waals surface area contributed by atoms with Crippen molar-refractivity contribution in [3.63, 3.8) is 0 Å². The van der Waals surface area contributed by atoms with Crippen molar-refractivity contribution in [1.82, 2.24) is 5.43 Å². The van der Waals surface area contributed by atoms with Crippen molar-refractivity contribution in [2.75, 3.05) is 11.9 Å². The van der Waals surface area contributed by atoms with Crippen molar-refractivity contribution < 1.29 is 14.3 Å².